The fraction of sp³-hybridized carbons (Fsp3) is 0.273. The first-order chi connectivity index (χ1) is 7.81. The summed E-state index contributed by atoms with van der Waals surface area (Å²) >= 11 is 0. The Kier molecular flexibility index (Phi) is 1.77. The molecule has 1 saturated carbocycles. The lowest BCUT2D eigenvalue weighted by Gasteiger charge is -1.99. The van der Waals surface area contributed by atoms with Crippen molar-refractivity contribution >= 4 is 17.1 Å². The lowest BCUT2D eigenvalue weighted by molar-refractivity contribution is 0.0891. The van der Waals surface area contributed by atoms with Gasteiger partial charge >= 0.3 is 0 Å². The van der Waals surface area contributed by atoms with Gasteiger partial charge in [-0.25, -0.2) is 9.97 Å². The molecule has 0 saturated heterocycles. The molecule has 1 fully saturated rings. The highest BCUT2D eigenvalue weighted by Crippen LogP contribution is 2.32. The Labute approximate surface area is 91.3 Å². The van der Waals surface area contributed by atoms with Gasteiger partial charge < -0.3 is 0 Å². The number of nitrogens with zero attached hydrogens (tertiary/aromatic N) is 4. The average molecular weight is 212 g/mol. The maximum atomic E-state index is 11.9. The van der Waals surface area contributed by atoms with Crippen molar-refractivity contribution < 1.29 is 4.79 Å². The number of carbonyl (C=O) groups is 1. The van der Waals surface area contributed by atoms with E-state index in [9.17, 15) is 4.79 Å². The van der Waals surface area contributed by atoms with Crippen molar-refractivity contribution in [2.45, 2.75) is 12.8 Å². The second-order valence-electron chi connectivity index (χ2n) is 3.87. The Hall–Kier alpha value is -2.22. The fourth-order valence-electron chi connectivity index (χ4n) is 1.73. The summed E-state index contributed by atoms with van der Waals surface area (Å²) in [6.45, 7) is 0. The van der Waals surface area contributed by atoms with Crippen molar-refractivity contribution in [3.63, 3.8) is 0 Å². The van der Waals surface area contributed by atoms with E-state index in [0.717, 1.165) is 12.8 Å². The van der Waals surface area contributed by atoms with Crippen molar-refractivity contribution in [3.8, 4) is 6.07 Å². The lowest BCUT2D eigenvalue weighted by Crippen LogP contribution is -2.11. The van der Waals surface area contributed by atoms with E-state index in [1.165, 1.54) is 23.2 Å². The smallest absolute Gasteiger partial charge is 0.235 e. The van der Waals surface area contributed by atoms with Crippen LogP contribution in [0.25, 0.3) is 11.2 Å². The van der Waals surface area contributed by atoms with Crippen molar-refractivity contribution in [1.29, 1.82) is 5.26 Å². The van der Waals surface area contributed by atoms with Crippen LogP contribution >= 0.6 is 0 Å². The number of rotatable bonds is 1. The van der Waals surface area contributed by atoms with E-state index in [-0.39, 0.29) is 11.8 Å². The zero-order valence-corrected chi connectivity index (χ0v) is 8.42. The van der Waals surface area contributed by atoms with Gasteiger partial charge in [-0.15, -0.1) is 0 Å². The molecule has 0 atom stereocenters. The molecule has 0 spiro atoms. The fourth-order valence-corrected chi connectivity index (χ4v) is 1.73. The van der Waals surface area contributed by atoms with Crippen LogP contribution in [0.2, 0.25) is 0 Å². The average Bonchev–Trinajstić information content (AvgIpc) is 3.09. The third-order valence-electron chi connectivity index (χ3n) is 2.70. The zero-order valence-electron chi connectivity index (χ0n) is 8.42. The van der Waals surface area contributed by atoms with Crippen LogP contribution in [-0.2, 0) is 0 Å². The highest BCUT2D eigenvalue weighted by Gasteiger charge is 2.32. The molecule has 2 aromatic heterocycles. The van der Waals surface area contributed by atoms with Gasteiger partial charge in [0.05, 0.1) is 5.56 Å². The summed E-state index contributed by atoms with van der Waals surface area (Å²) in [6, 6.07) is 2.03. The quantitative estimate of drug-likeness (QED) is 0.715. The summed E-state index contributed by atoms with van der Waals surface area (Å²) < 4.78 is 1.46. The minimum absolute atomic E-state index is 0.0204. The Morgan fingerprint density at radius 1 is 1.44 bits per heavy atom. The molecule has 5 nitrogen and oxygen atoms in total. The molecular formula is C11H8N4O. The normalized spacial score (nSPS) is 14.9. The van der Waals surface area contributed by atoms with E-state index >= 15 is 0 Å². The molecule has 1 aliphatic rings. The third kappa shape index (κ3) is 1.20. The molecule has 0 radical (unpaired) electrons. The highest BCUT2D eigenvalue weighted by molar-refractivity contribution is 5.93. The number of hydrogen-bond donors (Lipinski definition) is 0. The highest BCUT2D eigenvalue weighted by atomic mass is 16.2. The van der Waals surface area contributed by atoms with Crippen LogP contribution in [0, 0.1) is 17.2 Å². The van der Waals surface area contributed by atoms with Crippen LogP contribution in [0.15, 0.2) is 18.6 Å². The first-order valence-electron chi connectivity index (χ1n) is 5.07. The summed E-state index contributed by atoms with van der Waals surface area (Å²) in [6.07, 6.45) is 6.45. The Morgan fingerprint density at radius 2 is 2.19 bits per heavy atom. The predicted octanol–water partition coefficient (Wildman–Crippen LogP) is 1.35. The minimum Gasteiger partial charge on any atom is -0.274 e. The zero-order chi connectivity index (χ0) is 11.1. The number of nitriles is 1. The molecule has 16 heavy (non-hydrogen) atoms. The van der Waals surface area contributed by atoms with Gasteiger partial charge in [-0.1, -0.05) is 0 Å². The SMILES string of the molecule is N#Cc1cn(C(=O)C2CC2)c2nccnc12. The molecule has 0 aliphatic heterocycles. The molecule has 0 aromatic carbocycles. The second-order valence-corrected chi connectivity index (χ2v) is 3.87. The number of aromatic nitrogens is 3. The molecule has 2 heterocycles. The molecule has 0 bridgehead atoms. The van der Waals surface area contributed by atoms with E-state index in [4.69, 9.17) is 5.26 Å². The van der Waals surface area contributed by atoms with Gasteiger partial charge in [-0.3, -0.25) is 9.36 Å². The molecule has 5 heteroatoms. The first-order valence-corrected chi connectivity index (χ1v) is 5.07. The van der Waals surface area contributed by atoms with Gasteiger partial charge in [0.25, 0.3) is 0 Å². The topological polar surface area (TPSA) is 71.6 Å². The largest absolute Gasteiger partial charge is 0.274 e. The van der Waals surface area contributed by atoms with E-state index in [1.54, 1.807) is 0 Å². The number of carbonyl (C=O) groups excluding carboxylic acids is 1. The molecule has 0 amide bonds. The van der Waals surface area contributed by atoms with E-state index in [2.05, 4.69) is 9.97 Å². The molecular weight excluding hydrogens is 204 g/mol. The molecule has 2 aromatic rings. The predicted molar refractivity (Wildman–Crippen MR) is 55.6 cm³/mol. The van der Waals surface area contributed by atoms with E-state index in [1.807, 2.05) is 6.07 Å². The van der Waals surface area contributed by atoms with Gasteiger partial charge in [0.2, 0.25) is 5.91 Å². The molecule has 78 valence electrons. The van der Waals surface area contributed by atoms with Crippen LogP contribution in [-0.4, -0.2) is 20.4 Å². The monoisotopic (exact) mass is 212 g/mol. The summed E-state index contributed by atoms with van der Waals surface area (Å²) in [4.78, 5) is 20.1. The van der Waals surface area contributed by atoms with Gasteiger partial charge in [0.15, 0.2) is 5.65 Å². The van der Waals surface area contributed by atoms with E-state index in [0.29, 0.717) is 16.7 Å². The van der Waals surface area contributed by atoms with E-state index < -0.39 is 0 Å². The Morgan fingerprint density at radius 3 is 2.88 bits per heavy atom. The van der Waals surface area contributed by atoms with Crippen molar-refractivity contribution in [2.75, 3.05) is 0 Å². The molecule has 1 aliphatic carbocycles. The summed E-state index contributed by atoms with van der Waals surface area (Å²) in [5.74, 6) is 0.121. The van der Waals surface area contributed by atoms with Gasteiger partial charge in [-0.2, -0.15) is 5.26 Å². The van der Waals surface area contributed by atoms with Crippen molar-refractivity contribution in [3.05, 3.63) is 24.2 Å². The molecule has 3 rings (SSSR count). The summed E-state index contributed by atoms with van der Waals surface area (Å²) in [5, 5.41) is 8.94. The van der Waals surface area contributed by atoms with Crippen molar-refractivity contribution in [1.82, 2.24) is 14.5 Å². The van der Waals surface area contributed by atoms with Gasteiger partial charge in [0, 0.05) is 24.5 Å². The minimum atomic E-state index is 0.0204. The number of fused-ring (bicyclic) bond motifs is 1. The van der Waals surface area contributed by atoms with Crippen LogP contribution in [0.1, 0.15) is 23.2 Å². The summed E-state index contributed by atoms with van der Waals surface area (Å²) in [5.41, 5.74) is 1.38. The number of hydrogen-bond acceptors (Lipinski definition) is 4. The first kappa shape index (κ1) is 9.04. The Balaban J connectivity index is 2.25. The second kappa shape index (κ2) is 3.14. The summed E-state index contributed by atoms with van der Waals surface area (Å²) in [7, 11) is 0. The van der Waals surface area contributed by atoms with Crippen LogP contribution in [0.5, 0.6) is 0 Å². The van der Waals surface area contributed by atoms with Crippen LogP contribution < -0.4 is 0 Å². The van der Waals surface area contributed by atoms with Gasteiger partial charge in [-0.05, 0) is 12.8 Å². The Bertz CT molecular complexity index is 618. The standard InChI is InChI=1S/C11H8N4O/c12-5-8-6-15(11(16)7-1-2-7)10-9(8)13-3-4-14-10/h3-4,6-7H,1-2H2. The molecule has 0 N–H and O–H groups in total. The van der Waals surface area contributed by atoms with Crippen LogP contribution in [0.3, 0.4) is 0 Å². The van der Waals surface area contributed by atoms with Gasteiger partial charge in [0.1, 0.15) is 11.6 Å². The van der Waals surface area contributed by atoms with Crippen LogP contribution in [0.4, 0.5) is 0 Å². The maximum absolute atomic E-state index is 11.9. The lowest BCUT2D eigenvalue weighted by atomic mass is 10.3. The maximum Gasteiger partial charge on any atom is 0.235 e. The third-order valence-corrected chi connectivity index (χ3v) is 2.70. The molecule has 0 unspecified atom stereocenters. The van der Waals surface area contributed by atoms with Crippen molar-refractivity contribution in [2.24, 2.45) is 5.92 Å².